The zero-order valence-electron chi connectivity index (χ0n) is 11.2. The number of aromatic nitrogens is 1. The average molecular weight is 310 g/mol. The molecule has 3 N–H and O–H groups in total. The standard InChI is InChI=1S/C13H14N2O5S/c1-7-10(11(17)14-8(4-5-16)13(18)19)15-12(21-7)9-3-2-6-20-9/h2-3,6,8,16H,4-5H2,1H3,(H,14,17)(H,18,19). The van der Waals surface area contributed by atoms with Gasteiger partial charge in [0.25, 0.3) is 5.91 Å². The minimum atomic E-state index is -1.20. The summed E-state index contributed by atoms with van der Waals surface area (Å²) in [4.78, 5) is 27.9. The number of aliphatic hydroxyl groups is 1. The van der Waals surface area contributed by atoms with E-state index in [0.717, 1.165) is 0 Å². The number of rotatable bonds is 6. The van der Waals surface area contributed by atoms with E-state index in [1.54, 1.807) is 19.1 Å². The zero-order chi connectivity index (χ0) is 15.4. The van der Waals surface area contributed by atoms with Crippen LogP contribution in [0.25, 0.3) is 10.8 Å². The third-order valence-electron chi connectivity index (χ3n) is 2.76. The summed E-state index contributed by atoms with van der Waals surface area (Å²) in [6, 6.07) is 2.30. The molecule has 2 rings (SSSR count). The number of carbonyl (C=O) groups is 2. The second-order valence-electron chi connectivity index (χ2n) is 4.28. The van der Waals surface area contributed by atoms with Crippen molar-refractivity contribution in [1.29, 1.82) is 0 Å². The van der Waals surface area contributed by atoms with Crippen LogP contribution in [0.1, 0.15) is 21.8 Å². The maximum absolute atomic E-state index is 12.1. The predicted molar refractivity (Wildman–Crippen MR) is 75.1 cm³/mol. The molecule has 0 saturated carbocycles. The third-order valence-corrected chi connectivity index (χ3v) is 3.75. The first-order valence-corrected chi connectivity index (χ1v) is 7.00. The number of furan rings is 1. The molecule has 2 aromatic heterocycles. The first kappa shape index (κ1) is 15.2. The number of carbonyl (C=O) groups excluding carboxylic acids is 1. The fourth-order valence-electron chi connectivity index (χ4n) is 1.73. The number of thiazole rings is 1. The van der Waals surface area contributed by atoms with Gasteiger partial charge in [0.2, 0.25) is 0 Å². The van der Waals surface area contributed by atoms with Crippen molar-refractivity contribution in [3.05, 3.63) is 29.0 Å². The first-order chi connectivity index (χ1) is 10.0. The Bertz CT molecular complexity index is 635. The molecule has 112 valence electrons. The Morgan fingerprint density at radius 1 is 1.52 bits per heavy atom. The molecule has 0 radical (unpaired) electrons. The molecule has 0 bridgehead atoms. The monoisotopic (exact) mass is 310 g/mol. The second-order valence-corrected chi connectivity index (χ2v) is 5.48. The highest BCUT2D eigenvalue weighted by Gasteiger charge is 2.23. The minimum Gasteiger partial charge on any atom is -0.480 e. The highest BCUT2D eigenvalue weighted by Crippen LogP contribution is 2.27. The van der Waals surface area contributed by atoms with E-state index in [1.807, 2.05) is 0 Å². The van der Waals surface area contributed by atoms with Gasteiger partial charge in [-0.1, -0.05) is 0 Å². The van der Waals surface area contributed by atoms with E-state index >= 15 is 0 Å². The Balaban J connectivity index is 2.18. The van der Waals surface area contributed by atoms with Gasteiger partial charge in [-0.2, -0.15) is 0 Å². The first-order valence-electron chi connectivity index (χ1n) is 6.18. The zero-order valence-corrected chi connectivity index (χ0v) is 12.0. The number of carboxylic acids is 1. The molecule has 1 amide bonds. The van der Waals surface area contributed by atoms with Gasteiger partial charge in [-0.15, -0.1) is 11.3 Å². The van der Waals surface area contributed by atoms with E-state index in [1.165, 1.54) is 17.6 Å². The summed E-state index contributed by atoms with van der Waals surface area (Å²) in [7, 11) is 0. The van der Waals surface area contributed by atoms with Crippen molar-refractivity contribution in [3.63, 3.8) is 0 Å². The van der Waals surface area contributed by atoms with Crippen LogP contribution in [0.15, 0.2) is 22.8 Å². The molecule has 7 nitrogen and oxygen atoms in total. The van der Waals surface area contributed by atoms with Crippen molar-refractivity contribution in [2.24, 2.45) is 0 Å². The largest absolute Gasteiger partial charge is 0.480 e. The molecule has 21 heavy (non-hydrogen) atoms. The number of hydrogen-bond donors (Lipinski definition) is 3. The third kappa shape index (κ3) is 3.47. The van der Waals surface area contributed by atoms with Crippen molar-refractivity contribution < 1.29 is 24.2 Å². The molecule has 1 unspecified atom stereocenters. The number of hydrogen-bond acceptors (Lipinski definition) is 6. The number of aliphatic carboxylic acids is 1. The lowest BCUT2D eigenvalue weighted by Crippen LogP contribution is -2.41. The average Bonchev–Trinajstić information content (AvgIpc) is 3.06. The number of aliphatic hydroxyl groups excluding tert-OH is 1. The SMILES string of the molecule is Cc1sc(-c2ccco2)nc1C(=O)NC(CCO)C(=O)O. The van der Waals surface area contributed by atoms with Crippen molar-refractivity contribution >= 4 is 23.2 Å². The Morgan fingerprint density at radius 2 is 2.29 bits per heavy atom. The highest BCUT2D eigenvalue weighted by molar-refractivity contribution is 7.15. The van der Waals surface area contributed by atoms with Gasteiger partial charge in [0, 0.05) is 17.9 Å². The molecule has 2 aromatic rings. The van der Waals surface area contributed by atoms with Crippen molar-refractivity contribution in [3.8, 4) is 10.8 Å². The molecule has 0 aliphatic carbocycles. The summed E-state index contributed by atoms with van der Waals surface area (Å²) < 4.78 is 5.21. The molecule has 0 fully saturated rings. The molecule has 0 saturated heterocycles. The summed E-state index contributed by atoms with van der Waals surface area (Å²) in [6.45, 7) is 1.39. The number of nitrogens with zero attached hydrogens (tertiary/aromatic N) is 1. The van der Waals surface area contributed by atoms with Gasteiger partial charge in [0.15, 0.2) is 10.8 Å². The fourth-order valence-corrected chi connectivity index (χ4v) is 2.60. The van der Waals surface area contributed by atoms with E-state index in [9.17, 15) is 9.59 Å². The van der Waals surface area contributed by atoms with Crippen LogP contribution < -0.4 is 5.32 Å². The van der Waals surface area contributed by atoms with Crippen LogP contribution in [0.4, 0.5) is 0 Å². The van der Waals surface area contributed by atoms with E-state index in [-0.39, 0.29) is 18.7 Å². The molecule has 0 aromatic carbocycles. The highest BCUT2D eigenvalue weighted by atomic mass is 32.1. The molecule has 2 heterocycles. The van der Waals surface area contributed by atoms with Gasteiger partial charge >= 0.3 is 5.97 Å². The van der Waals surface area contributed by atoms with E-state index in [0.29, 0.717) is 15.6 Å². The lowest BCUT2D eigenvalue weighted by Gasteiger charge is -2.12. The quantitative estimate of drug-likeness (QED) is 0.741. The Labute approximate surface area is 124 Å². The molecule has 8 heteroatoms. The van der Waals surface area contributed by atoms with Gasteiger partial charge in [-0.05, 0) is 19.1 Å². The Hall–Kier alpha value is -2.19. The van der Waals surface area contributed by atoms with Crippen molar-refractivity contribution in [1.82, 2.24) is 10.3 Å². The van der Waals surface area contributed by atoms with Crippen LogP contribution in [0.3, 0.4) is 0 Å². The van der Waals surface area contributed by atoms with Gasteiger partial charge < -0.3 is 19.9 Å². The van der Waals surface area contributed by atoms with Crippen molar-refractivity contribution in [2.75, 3.05) is 6.61 Å². The summed E-state index contributed by atoms with van der Waals surface area (Å²) in [5.41, 5.74) is 0.163. The molecule has 0 spiro atoms. The molecular weight excluding hydrogens is 296 g/mol. The molecule has 0 aliphatic heterocycles. The summed E-state index contributed by atoms with van der Waals surface area (Å²) in [5, 5.41) is 20.7. The minimum absolute atomic E-state index is 0.0602. The molecular formula is C13H14N2O5S. The van der Waals surface area contributed by atoms with Gasteiger partial charge in [0.05, 0.1) is 6.26 Å². The Kier molecular flexibility index (Phi) is 4.71. The maximum Gasteiger partial charge on any atom is 0.326 e. The van der Waals surface area contributed by atoms with Crippen LogP contribution in [0.2, 0.25) is 0 Å². The van der Waals surface area contributed by atoms with Crippen LogP contribution in [0.5, 0.6) is 0 Å². The molecule has 0 aliphatic rings. The van der Waals surface area contributed by atoms with Gasteiger partial charge in [-0.25, -0.2) is 9.78 Å². The van der Waals surface area contributed by atoms with Crippen LogP contribution in [-0.2, 0) is 4.79 Å². The summed E-state index contributed by atoms with van der Waals surface area (Å²) in [6.07, 6.45) is 1.45. The maximum atomic E-state index is 12.1. The smallest absolute Gasteiger partial charge is 0.326 e. The lowest BCUT2D eigenvalue weighted by atomic mass is 10.2. The summed E-state index contributed by atoms with van der Waals surface area (Å²) >= 11 is 1.29. The normalized spacial score (nSPS) is 12.1. The van der Waals surface area contributed by atoms with E-state index in [2.05, 4.69) is 10.3 Å². The Morgan fingerprint density at radius 3 is 2.86 bits per heavy atom. The number of aryl methyl sites for hydroxylation is 1. The van der Waals surface area contributed by atoms with Crippen molar-refractivity contribution in [2.45, 2.75) is 19.4 Å². The summed E-state index contributed by atoms with van der Waals surface area (Å²) in [5.74, 6) is -1.23. The van der Waals surface area contributed by atoms with Crippen LogP contribution >= 0.6 is 11.3 Å². The van der Waals surface area contributed by atoms with E-state index in [4.69, 9.17) is 14.6 Å². The van der Waals surface area contributed by atoms with Gasteiger partial charge in [-0.3, -0.25) is 4.79 Å². The van der Waals surface area contributed by atoms with Crippen LogP contribution in [0, 0.1) is 6.92 Å². The fraction of sp³-hybridized carbons (Fsp3) is 0.308. The van der Waals surface area contributed by atoms with Gasteiger partial charge in [0.1, 0.15) is 11.7 Å². The topological polar surface area (TPSA) is 113 Å². The predicted octanol–water partition coefficient (Wildman–Crippen LogP) is 1.28. The number of carboxylic acid groups (broad SMARTS) is 1. The number of amides is 1. The second kappa shape index (κ2) is 6.51. The lowest BCUT2D eigenvalue weighted by molar-refractivity contribution is -0.139. The van der Waals surface area contributed by atoms with E-state index < -0.39 is 17.9 Å². The number of nitrogens with one attached hydrogen (secondary N) is 1. The molecule has 1 atom stereocenters. The van der Waals surface area contributed by atoms with Crippen LogP contribution in [-0.4, -0.2) is 39.7 Å².